The van der Waals surface area contributed by atoms with Gasteiger partial charge < -0.3 is 10.1 Å². The number of hydrogen-bond acceptors (Lipinski definition) is 5. The SMILES string of the molecule is CCOC(=O)c1ccc(NC(=O)c2ccc(S(=O)(=O)N(Cc3ccccc3)C(C)C)cc2)cc1. The number of hydrogen-bond donors (Lipinski definition) is 1. The lowest BCUT2D eigenvalue weighted by Gasteiger charge is -2.26. The molecule has 0 aliphatic heterocycles. The predicted molar refractivity (Wildman–Crippen MR) is 131 cm³/mol. The predicted octanol–water partition coefficient (Wildman–Crippen LogP) is 4.71. The summed E-state index contributed by atoms with van der Waals surface area (Å²) in [6, 6.07) is 21.3. The van der Waals surface area contributed by atoms with Crippen molar-refractivity contribution < 1.29 is 22.7 Å². The number of ether oxygens (including phenoxy) is 1. The maximum atomic E-state index is 13.3. The normalized spacial score (nSPS) is 11.4. The van der Waals surface area contributed by atoms with E-state index in [2.05, 4.69) is 5.32 Å². The highest BCUT2D eigenvalue weighted by Gasteiger charge is 2.27. The van der Waals surface area contributed by atoms with Gasteiger partial charge in [-0.25, -0.2) is 13.2 Å². The van der Waals surface area contributed by atoms with Gasteiger partial charge >= 0.3 is 5.97 Å². The number of benzene rings is 3. The molecule has 0 aliphatic carbocycles. The van der Waals surface area contributed by atoms with Gasteiger partial charge in [-0.3, -0.25) is 4.79 Å². The Balaban J connectivity index is 1.72. The second-order valence-electron chi connectivity index (χ2n) is 7.91. The van der Waals surface area contributed by atoms with Crippen molar-refractivity contribution in [1.82, 2.24) is 4.31 Å². The molecule has 0 aliphatic rings. The van der Waals surface area contributed by atoms with Crippen molar-refractivity contribution in [3.63, 3.8) is 0 Å². The number of rotatable bonds is 9. The van der Waals surface area contributed by atoms with E-state index in [1.54, 1.807) is 31.2 Å². The fourth-order valence-corrected chi connectivity index (χ4v) is 4.95. The maximum Gasteiger partial charge on any atom is 0.338 e. The van der Waals surface area contributed by atoms with Crippen LogP contribution in [0.4, 0.5) is 5.69 Å². The molecule has 0 heterocycles. The molecule has 0 unspecified atom stereocenters. The fourth-order valence-electron chi connectivity index (χ4n) is 3.33. The van der Waals surface area contributed by atoms with E-state index in [1.165, 1.54) is 28.6 Å². The van der Waals surface area contributed by atoms with Crippen LogP contribution in [-0.2, 0) is 21.3 Å². The number of esters is 1. The molecule has 0 spiro atoms. The zero-order valence-electron chi connectivity index (χ0n) is 19.4. The molecule has 0 saturated carbocycles. The zero-order chi connectivity index (χ0) is 24.7. The van der Waals surface area contributed by atoms with Crippen molar-refractivity contribution in [2.45, 2.75) is 38.3 Å². The van der Waals surface area contributed by atoms with Crippen molar-refractivity contribution in [3.8, 4) is 0 Å². The molecule has 0 radical (unpaired) electrons. The molecule has 34 heavy (non-hydrogen) atoms. The molecule has 3 aromatic carbocycles. The second kappa shape index (κ2) is 11.1. The van der Waals surface area contributed by atoms with Crippen LogP contribution in [0.3, 0.4) is 0 Å². The Kier molecular flexibility index (Phi) is 8.20. The first-order valence-corrected chi connectivity index (χ1v) is 12.4. The van der Waals surface area contributed by atoms with Gasteiger partial charge in [-0.05, 0) is 74.9 Å². The lowest BCUT2D eigenvalue weighted by molar-refractivity contribution is 0.0526. The van der Waals surface area contributed by atoms with Gasteiger partial charge in [0, 0.05) is 23.8 Å². The number of nitrogens with zero attached hydrogens (tertiary/aromatic N) is 1. The van der Waals surface area contributed by atoms with Crippen LogP contribution < -0.4 is 5.32 Å². The van der Waals surface area contributed by atoms with Gasteiger partial charge in [0.1, 0.15) is 0 Å². The van der Waals surface area contributed by atoms with E-state index in [0.29, 0.717) is 16.8 Å². The smallest absolute Gasteiger partial charge is 0.338 e. The Hall–Kier alpha value is -3.49. The molecule has 1 N–H and O–H groups in total. The van der Waals surface area contributed by atoms with Gasteiger partial charge in [0.2, 0.25) is 10.0 Å². The van der Waals surface area contributed by atoms with Gasteiger partial charge in [0.25, 0.3) is 5.91 Å². The Morgan fingerprint density at radius 1 is 0.882 bits per heavy atom. The van der Waals surface area contributed by atoms with Crippen molar-refractivity contribution in [1.29, 1.82) is 0 Å². The first kappa shape index (κ1) is 25.1. The topological polar surface area (TPSA) is 92.8 Å². The van der Waals surface area contributed by atoms with Crippen LogP contribution in [0.5, 0.6) is 0 Å². The summed E-state index contributed by atoms with van der Waals surface area (Å²) in [5, 5.41) is 2.74. The quantitative estimate of drug-likeness (QED) is 0.448. The van der Waals surface area contributed by atoms with Crippen molar-refractivity contribution in [2.24, 2.45) is 0 Å². The molecule has 0 fully saturated rings. The number of nitrogens with one attached hydrogen (secondary N) is 1. The maximum absolute atomic E-state index is 13.3. The van der Waals surface area contributed by atoms with Crippen LogP contribution >= 0.6 is 0 Å². The molecule has 3 aromatic rings. The van der Waals surface area contributed by atoms with Crippen LogP contribution in [0.25, 0.3) is 0 Å². The van der Waals surface area contributed by atoms with Gasteiger partial charge in [0.15, 0.2) is 0 Å². The number of amides is 1. The van der Waals surface area contributed by atoms with Crippen LogP contribution in [0.15, 0.2) is 83.8 Å². The van der Waals surface area contributed by atoms with E-state index in [0.717, 1.165) is 5.56 Å². The molecule has 0 bridgehead atoms. The summed E-state index contributed by atoms with van der Waals surface area (Å²) < 4.78 is 32.9. The standard InChI is InChI=1S/C26H28N2O5S/c1-4-33-26(30)22-10-14-23(15-11-22)27-25(29)21-12-16-24(17-13-21)34(31,32)28(19(2)3)18-20-8-6-5-7-9-20/h5-17,19H,4,18H2,1-3H3,(H,27,29). The molecular weight excluding hydrogens is 452 g/mol. The summed E-state index contributed by atoms with van der Waals surface area (Å²) in [6.07, 6.45) is 0. The number of sulfonamides is 1. The minimum Gasteiger partial charge on any atom is -0.462 e. The van der Waals surface area contributed by atoms with E-state index in [4.69, 9.17) is 4.74 Å². The molecule has 3 rings (SSSR count). The summed E-state index contributed by atoms with van der Waals surface area (Å²) in [5.41, 5.74) is 2.10. The third-order valence-corrected chi connectivity index (χ3v) is 7.17. The van der Waals surface area contributed by atoms with Crippen LogP contribution in [-0.4, -0.2) is 37.2 Å². The molecule has 0 saturated heterocycles. The third kappa shape index (κ3) is 6.09. The van der Waals surface area contributed by atoms with Crippen LogP contribution in [0, 0.1) is 0 Å². The molecule has 7 nitrogen and oxygen atoms in total. The summed E-state index contributed by atoms with van der Waals surface area (Å²) in [6.45, 7) is 5.92. The van der Waals surface area contributed by atoms with Crippen molar-refractivity contribution in [2.75, 3.05) is 11.9 Å². The summed E-state index contributed by atoms with van der Waals surface area (Å²) >= 11 is 0. The largest absolute Gasteiger partial charge is 0.462 e. The first-order chi connectivity index (χ1) is 16.2. The highest BCUT2D eigenvalue weighted by Crippen LogP contribution is 2.22. The minimum absolute atomic E-state index is 0.118. The summed E-state index contributed by atoms with van der Waals surface area (Å²) in [4.78, 5) is 24.5. The van der Waals surface area contributed by atoms with E-state index in [9.17, 15) is 18.0 Å². The molecule has 178 valence electrons. The van der Waals surface area contributed by atoms with Gasteiger partial charge in [0.05, 0.1) is 17.1 Å². The van der Waals surface area contributed by atoms with E-state index >= 15 is 0 Å². The van der Waals surface area contributed by atoms with Crippen molar-refractivity contribution in [3.05, 3.63) is 95.6 Å². The second-order valence-corrected chi connectivity index (χ2v) is 9.80. The van der Waals surface area contributed by atoms with E-state index < -0.39 is 21.9 Å². The monoisotopic (exact) mass is 480 g/mol. The molecule has 8 heteroatoms. The van der Waals surface area contributed by atoms with Gasteiger partial charge in [-0.2, -0.15) is 4.31 Å². The molecular formula is C26H28N2O5S. The average molecular weight is 481 g/mol. The first-order valence-electron chi connectivity index (χ1n) is 11.0. The van der Waals surface area contributed by atoms with Crippen molar-refractivity contribution >= 4 is 27.6 Å². The number of carbonyl (C=O) groups is 2. The Morgan fingerprint density at radius 3 is 2.03 bits per heavy atom. The Morgan fingerprint density at radius 2 is 1.47 bits per heavy atom. The van der Waals surface area contributed by atoms with Gasteiger partial charge in [-0.1, -0.05) is 30.3 Å². The fraction of sp³-hybridized carbons (Fsp3) is 0.231. The highest BCUT2D eigenvalue weighted by atomic mass is 32.2. The zero-order valence-corrected chi connectivity index (χ0v) is 20.2. The van der Waals surface area contributed by atoms with E-state index in [1.807, 2.05) is 44.2 Å². The lowest BCUT2D eigenvalue weighted by atomic mass is 10.2. The highest BCUT2D eigenvalue weighted by molar-refractivity contribution is 7.89. The van der Waals surface area contributed by atoms with Crippen LogP contribution in [0.1, 0.15) is 47.1 Å². The average Bonchev–Trinajstić information content (AvgIpc) is 2.83. The Labute approximate surface area is 200 Å². The van der Waals surface area contributed by atoms with Gasteiger partial charge in [-0.15, -0.1) is 0 Å². The number of carbonyl (C=O) groups excluding carboxylic acids is 2. The Bertz CT molecular complexity index is 1220. The van der Waals surface area contributed by atoms with E-state index in [-0.39, 0.29) is 24.1 Å². The summed E-state index contributed by atoms with van der Waals surface area (Å²) in [7, 11) is -3.76. The minimum atomic E-state index is -3.76. The third-order valence-electron chi connectivity index (χ3n) is 5.13. The molecule has 0 atom stereocenters. The summed E-state index contributed by atoms with van der Waals surface area (Å²) in [5.74, 6) is -0.822. The molecule has 0 aromatic heterocycles. The number of anilines is 1. The van der Waals surface area contributed by atoms with Crippen LogP contribution in [0.2, 0.25) is 0 Å². The lowest BCUT2D eigenvalue weighted by Crippen LogP contribution is -2.36. The molecule has 1 amide bonds.